The van der Waals surface area contributed by atoms with E-state index < -0.39 is 0 Å². The number of carbonyl (C=O) groups excluding carboxylic acids is 2. The summed E-state index contributed by atoms with van der Waals surface area (Å²) in [6.45, 7) is 2.97. The standard InChI is InChI=1S/C22H22ClN5O3S/c1-2-31-16-10-8-15(9-11-16)28-20(17-6-3-4-7-18(17)23)25-26-22(28)32-13-5-12-27-19(29)14-24-21(27)30/h3-4,6-11H,2,5,12-14H2,1H3,(H,24,30). The predicted octanol–water partition coefficient (Wildman–Crippen LogP) is 4.02. The Morgan fingerprint density at radius 1 is 1.12 bits per heavy atom. The van der Waals surface area contributed by atoms with Crippen LogP contribution in [-0.2, 0) is 4.79 Å². The molecule has 0 unspecified atom stereocenters. The van der Waals surface area contributed by atoms with Gasteiger partial charge in [0.15, 0.2) is 11.0 Å². The number of hydrogen-bond acceptors (Lipinski definition) is 6. The van der Waals surface area contributed by atoms with E-state index in [2.05, 4.69) is 15.5 Å². The van der Waals surface area contributed by atoms with Crippen LogP contribution in [0, 0.1) is 0 Å². The lowest BCUT2D eigenvalue weighted by molar-refractivity contribution is -0.124. The fourth-order valence-corrected chi connectivity index (χ4v) is 4.43. The number of aromatic nitrogens is 3. The van der Waals surface area contributed by atoms with Gasteiger partial charge in [0.2, 0.25) is 5.91 Å². The van der Waals surface area contributed by atoms with E-state index in [-0.39, 0.29) is 18.5 Å². The summed E-state index contributed by atoms with van der Waals surface area (Å²) in [4.78, 5) is 24.7. The van der Waals surface area contributed by atoms with Crippen molar-refractivity contribution in [3.05, 3.63) is 53.6 Å². The lowest BCUT2D eigenvalue weighted by atomic mass is 10.2. The van der Waals surface area contributed by atoms with E-state index in [0.717, 1.165) is 17.0 Å². The second-order valence-corrected chi connectivity index (χ2v) is 8.42. The number of rotatable bonds is 9. The number of nitrogens with zero attached hydrogens (tertiary/aromatic N) is 4. The zero-order valence-corrected chi connectivity index (χ0v) is 19.0. The molecule has 0 atom stereocenters. The summed E-state index contributed by atoms with van der Waals surface area (Å²) in [5, 5.41) is 12.6. The molecule has 4 rings (SSSR count). The quantitative estimate of drug-likeness (QED) is 0.288. The SMILES string of the molecule is CCOc1ccc(-n2c(SCCCN3C(=O)CNC3=O)nnc2-c2ccccc2Cl)cc1. The molecule has 1 aliphatic heterocycles. The molecular weight excluding hydrogens is 450 g/mol. The summed E-state index contributed by atoms with van der Waals surface area (Å²) in [5.74, 6) is 1.88. The highest BCUT2D eigenvalue weighted by Gasteiger charge is 2.27. The van der Waals surface area contributed by atoms with Crippen molar-refractivity contribution in [3.8, 4) is 22.8 Å². The maximum absolute atomic E-state index is 11.7. The third kappa shape index (κ3) is 4.73. The van der Waals surface area contributed by atoms with Crippen molar-refractivity contribution in [2.24, 2.45) is 0 Å². The number of imide groups is 1. The van der Waals surface area contributed by atoms with Crippen LogP contribution in [0.3, 0.4) is 0 Å². The van der Waals surface area contributed by atoms with Crippen LogP contribution < -0.4 is 10.1 Å². The molecule has 32 heavy (non-hydrogen) atoms. The van der Waals surface area contributed by atoms with Crippen LogP contribution in [-0.4, -0.2) is 57.1 Å². The Kier molecular flexibility index (Phi) is 6.96. The van der Waals surface area contributed by atoms with Crippen molar-refractivity contribution in [2.45, 2.75) is 18.5 Å². The number of ether oxygens (including phenoxy) is 1. The number of urea groups is 1. The van der Waals surface area contributed by atoms with Crippen molar-refractivity contribution in [1.82, 2.24) is 25.0 Å². The van der Waals surface area contributed by atoms with E-state index >= 15 is 0 Å². The number of nitrogens with one attached hydrogen (secondary N) is 1. The Balaban J connectivity index is 1.57. The number of carbonyl (C=O) groups is 2. The summed E-state index contributed by atoms with van der Waals surface area (Å²) in [5.41, 5.74) is 1.66. The third-order valence-corrected chi connectivity index (χ3v) is 6.19. The molecule has 2 aromatic carbocycles. The molecule has 8 nitrogen and oxygen atoms in total. The Morgan fingerprint density at radius 2 is 1.91 bits per heavy atom. The van der Waals surface area contributed by atoms with Gasteiger partial charge in [0.1, 0.15) is 5.75 Å². The summed E-state index contributed by atoms with van der Waals surface area (Å²) >= 11 is 7.95. The molecule has 2 heterocycles. The molecule has 0 radical (unpaired) electrons. The van der Waals surface area contributed by atoms with E-state index in [1.165, 1.54) is 16.7 Å². The zero-order chi connectivity index (χ0) is 22.5. The Bertz CT molecular complexity index is 1100. The van der Waals surface area contributed by atoms with E-state index in [9.17, 15) is 9.59 Å². The van der Waals surface area contributed by atoms with Gasteiger partial charge in [-0.2, -0.15) is 0 Å². The van der Waals surface area contributed by atoms with Crippen molar-refractivity contribution in [1.29, 1.82) is 0 Å². The van der Waals surface area contributed by atoms with E-state index in [0.29, 0.717) is 41.3 Å². The lowest BCUT2D eigenvalue weighted by Gasteiger charge is -2.13. The topological polar surface area (TPSA) is 89.4 Å². The number of thioether (sulfide) groups is 1. The van der Waals surface area contributed by atoms with E-state index in [1.54, 1.807) is 0 Å². The van der Waals surface area contributed by atoms with Crippen LogP contribution in [0.25, 0.3) is 17.1 Å². The van der Waals surface area contributed by atoms with Gasteiger partial charge < -0.3 is 10.1 Å². The van der Waals surface area contributed by atoms with Gasteiger partial charge in [0.05, 0.1) is 18.2 Å². The minimum atomic E-state index is -0.335. The fraction of sp³-hybridized carbons (Fsp3) is 0.273. The average molecular weight is 472 g/mol. The Hall–Kier alpha value is -3.04. The second kappa shape index (κ2) is 10.1. The summed E-state index contributed by atoms with van der Waals surface area (Å²) in [7, 11) is 0. The van der Waals surface area contributed by atoms with Gasteiger partial charge >= 0.3 is 6.03 Å². The molecule has 0 spiro atoms. The molecule has 0 saturated carbocycles. The van der Waals surface area contributed by atoms with Gasteiger partial charge in [0.25, 0.3) is 0 Å². The molecule has 3 aromatic rings. The van der Waals surface area contributed by atoms with E-state index in [1.807, 2.05) is 60.0 Å². The highest BCUT2D eigenvalue weighted by molar-refractivity contribution is 7.99. The molecule has 1 saturated heterocycles. The first-order chi connectivity index (χ1) is 15.6. The highest BCUT2D eigenvalue weighted by Crippen LogP contribution is 2.32. The second-order valence-electron chi connectivity index (χ2n) is 6.95. The monoisotopic (exact) mass is 471 g/mol. The maximum atomic E-state index is 11.7. The van der Waals surface area contributed by atoms with Gasteiger partial charge in [0, 0.05) is 23.5 Å². The number of halogens is 1. The zero-order valence-electron chi connectivity index (χ0n) is 17.5. The van der Waals surface area contributed by atoms with Crippen LogP contribution in [0.1, 0.15) is 13.3 Å². The molecule has 1 aromatic heterocycles. The minimum absolute atomic E-state index is 0.0687. The Morgan fingerprint density at radius 3 is 2.59 bits per heavy atom. The molecule has 3 amide bonds. The van der Waals surface area contributed by atoms with E-state index in [4.69, 9.17) is 16.3 Å². The fourth-order valence-electron chi connectivity index (χ4n) is 3.34. The summed E-state index contributed by atoms with van der Waals surface area (Å²) in [6.07, 6.45) is 0.640. The van der Waals surface area contributed by atoms with Crippen LogP contribution in [0.4, 0.5) is 4.79 Å². The van der Waals surface area contributed by atoms with Crippen molar-refractivity contribution >= 4 is 35.3 Å². The number of benzene rings is 2. The summed E-state index contributed by atoms with van der Waals surface area (Å²) in [6, 6.07) is 14.9. The predicted molar refractivity (Wildman–Crippen MR) is 123 cm³/mol. The van der Waals surface area contributed by atoms with Gasteiger partial charge in [-0.3, -0.25) is 14.3 Å². The average Bonchev–Trinajstić information content (AvgIpc) is 3.35. The largest absolute Gasteiger partial charge is 0.494 e. The van der Waals surface area contributed by atoms with Crippen LogP contribution in [0.2, 0.25) is 5.02 Å². The van der Waals surface area contributed by atoms with Crippen LogP contribution >= 0.6 is 23.4 Å². The van der Waals surface area contributed by atoms with Crippen molar-refractivity contribution < 1.29 is 14.3 Å². The minimum Gasteiger partial charge on any atom is -0.494 e. The van der Waals surface area contributed by atoms with Gasteiger partial charge in [-0.15, -0.1) is 10.2 Å². The molecule has 1 aliphatic rings. The molecular formula is C22H22ClN5O3S. The number of hydrogen-bond donors (Lipinski definition) is 1. The summed E-state index contributed by atoms with van der Waals surface area (Å²) < 4.78 is 7.51. The van der Waals surface area contributed by atoms with Crippen LogP contribution in [0.5, 0.6) is 5.75 Å². The van der Waals surface area contributed by atoms with Gasteiger partial charge in [-0.1, -0.05) is 35.5 Å². The smallest absolute Gasteiger partial charge is 0.324 e. The molecule has 10 heteroatoms. The van der Waals surface area contributed by atoms with Crippen LogP contribution in [0.15, 0.2) is 53.7 Å². The maximum Gasteiger partial charge on any atom is 0.324 e. The molecule has 0 aliphatic carbocycles. The first-order valence-electron chi connectivity index (χ1n) is 10.2. The lowest BCUT2D eigenvalue weighted by Crippen LogP contribution is -2.32. The number of amides is 3. The first kappa shape index (κ1) is 22.2. The Labute approximate surface area is 194 Å². The third-order valence-electron chi connectivity index (χ3n) is 4.85. The normalized spacial score (nSPS) is 13.5. The van der Waals surface area contributed by atoms with Gasteiger partial charge in [-0.05, 0) is 49.7 Å². The first-order valence-corrected chi connectivity index (χ1v) is 11.6. The molecule has 1 N–H and O–H groups in total. The van der Waals surface area contributed by atoms with Crippen molar-refractivity contribution in [2.75, 3.05) is 25.4 Å². The molecule has 1 fully saturated rings. The highest BCUT2D eigenvalue weighted by atomic mass is 35.5. The van der Waals surface area contributed by atoms with Crippen molar-refractivity contribution in [3.63, 3.8) is 0 Å². The van der Waals surface area contributed by atoms with Gasteiger partial charge in [-0.25, -0.2) is 4.79 Å². The molecule has 166 valence electrons. The molecule has 0 bridgehead atoms.